The molecule has 0 amide bonds. The Hall–Kier alpha value is -2.91. The Morgan fingerprint density at radius 1 is 0.939 bits per heavy atom. The van der Waals surface area contributed by atoms with Gasteiger partial charge in [-0.1, -0.05) is 11.6 Å². The first-order chi connectivity index (χ1) is 16.1. The summed E-state index contributed by atoms with van der Waals surface area (Å²) in [5.74, 6) is 0.133. The van der Waals surface area contributed by atoms with Crippen LogP contribution in [0.1, 0.15) is 24.1 Å². The predicted octanol–water partition coefficient (Wildman–Crippen LogP) is 4.04. The maximum Gasteiger partial charge on any atom is 0.225 e. The lowest BCUT2D eigenvalue weighted by Gasteiger charge is -2.26. The Morgan fingerprint density at radius 3 is 2.48 bits per heavy atom. The minimum absolute atomic E-state index is 0.111. The van der Waals surface area contributed by atoms with Gasteiger partial charge in [-0.15, -0.1) is 0 Å². The van der Waals surface area contributed by atoms with E-state index in [1.165, 1.54) is 0 Å². The second-order valence-corrected chi connectivity index (χ2v) is 8.48. The number of benzene rings is 1. The molecule has 1 aromatic carbocycles. The topological polar surface area (TPSA) is 67.3 Å². The summed E-state index contributed by atoms with van der Waals surface area (Å²) in [5, 5.41) is -0.197. The average molecular weight is 473 g/mol. The molecule has 0 spiro atoms. The third-order valence-corrected chi connectivity index (χ3v) is 6.34. The number of ether oxygens (including phenoxy) is 1. The highest BCUT2D eigenvalue weighted by molar-refractivity contribution is 6.31. The van der Waals surface area contributed by atoms with Gasteiger partial charge in [-0.05, 0) is 31.4 Å². The van der Waals surface area contributed by atoms with E-state index in [-0.39, 0.29) is 17.1 Å². The van der Waals surface area contributed by atoms with E-state index in [1.54, 1.807) is 18.6 Å². The number of hydrogen-bond acceptors (Lipinski definition) is 7. The van der Waals surface area contributed by atoms with Crippen molar-refractivity contribution < 1.29 is 13.5 Å². The number of halogens is 3. The van der Waals surface area contributed by atoms with Crippen molar-refractivity contribution in [2.45, 2.75) is 25.8 Å². The van der Waals surface area contributed by atoms with Crippen LogP contribution in [0, 0.1) is 11.6 Å². The van der Waals surface area contributed by atoms with Gasteiger partial charge in [0.25, 0.3) is 0 Å². The number of aryl methyl sites for hydroxylation is 1. The lowest BCUT2D eigenvalue weighted by atomic mass is 10.1. The van der Waals surface area contributed by atoms with Crippen LogP contribution in [0.5, 0.6) is 0 Å². The minimum Gasteiger partial charge on any atom is -0.378 e. The van der Waals surface area contributed by atoms with Crippen LogP contribution < -0.4 is 9.80 Å². The highest BCUT2D eigenvalue weighted by atomic mass is 35.5. The van der Waals surface area contributed by atoms with Gasteiger partial charge in [0.2, 0.25) is 5.95 Å². The van der Waals surface area contributed by atoms with Crippen LogP contribution >= 0.6 is 11.6 Å². The molecule has 1 saturated heterocycles. The van der Waals surface area contributed by atoms with E-state index in [9.17, 15) is 8.78 Å². The van der Waals surface area contributed by atoms with Gasteiger partial charge in [0.1, 0.15) is 11.6 Å². The first kappa shape index (κ1) is 21.9. The third kappa shape index (κ3) is 4.60. The monoisotopic (exact) mass is 472 g/mol. The molecule has 0 aliphatic carbocycles. The van der Waals surface area contributed by atoms with E-state index in [4.69, 9.17) is 21.3 Å². The molecule has 172 valence electrons. The van der Waals surface area contributed by atoms with E-state index >= 15 is 0 Å². The summed E-state index contributed by atoms with van der Waals surface area (Å²) in [6.45, 7) is 3.59. The molecule has 1 fully saturated rings. The molecule has 7 nitrogen and oxygen atoms in total. The number of anilines is 2. The summed E-state index contributed by atoms with van der Waals surface area (Å²) in [7, 11) is 0. The highest BCUT2D eigenvalue weighted by Crippen LogP contribution is 2.30. The summed E-state index contributed by atoms with van der Waals surface area (Å²) >= 11 is 6.09. The Kier molecular flexibility index (Phi) is 6.32. The fourth-order valence-electron chi connectivity index (χ4n) is 4.11. The van der Waals surface area contributed by atoms with Gasteiger partial charge < -0.3 is 14.5 Å². The van der Waals surface area contributed by atoms with Gasteiger partial charge in [0.05, 0.1) is 35.8 Å². The molecule has 0 saturated carbocycles. The maximum absolute atomic E-state index is 14.5. The molecule has 0 atom stereocenters. The number of aromatic nitrogens is 4. The molecule has 2 aliphatic rings. The fraction of sp³-hybridized carbons (Fsp3) is 0.391. The lowest BCUT2D eigenvalue weighted by Crippen LogP contribution is -2.37. The van der Waals surface area contributed by atoms with Crippen molar-refractivity contribution in [2.24, 2.45) is 0 Å². The molecule has 2 aromatic heterocycles. The van der Waals surface area contributed by atoms with Crippen molar-refractivity contribution >= 4 is 23.4 Å². The molecule has 2 aliphatic heterocycles. The van der Waals surface area contributed by atoms with E-state index in [0.717, 1.165) is 55.7 Å². The Morgan fingerprint density at radius 2 is 1.70 bits per heavy atom. The van der Waals surface area contributed by atoms with Crippen LogP contribution in [-0.4, -0.2) is 52.8 Å². The normalized spacial score (nSPS) is 16.5. The molecule has 10 heteroatoms. The molecule has 3 aromatic rings. The fourth-order valence-corrected chi connectivity index (χ4v) is 4.33. The lowest BCUT2D eigenvalue weighted by molar-refractivity contribution is 0.122. The summed E-state index contributed by atoms with van der Waals surface area (Å²) in [6, 6.07) is 2.14. The largest absolute Gasteiger partial charge is 0.378 e. The van der Waals surface area contributed by atoms with Crippen LogP contribution in [0.25, 0.3) is 11.3 Å². The number of morpholine rings is 1. The van der Waals surface area contributed by atoms with Crippen LogP contribution in [0.2, 0.25) is 5.02 Å². The van der Waals surface area contributed by atoms with Crippen molar-refractivity contribution in [1.29, 1.82) is 0 Å². The molecule has 33 heavy (non-hydrogen) atoms. The molecular formula is C23H23ClF2N6O. The van der Waals surface area contributed by atoms with Crippen molar-refractivity contribution in [3.8, 4) is 11.3 Å². The molecule has 0 N–H and O–H groups in total. The van der Waals surface area contributed by atoms with Gasteiger partial charge in [0, 0.05) is 49.7 Å². The predicted molar refractivity (Wildman–Crippen MR) is 121 cm³/mol. The Balaban J connectivity index is 1.45. The smallest absolute Gasteiger partial charge is 0.225 e. The second-order valence-electron chi connectivity index (χ2n) is 8.10. The van der Waals surface area contributed by atoms with Gasteiger partial charge >= 0.3 is 0 Å². The van der Waals surface area contributed by atoms with Gasteiger partial charge in [-0.3, -0.25) is 4.98 Å². The molecule has 0 radical (unpaired) electrons. The van der Waals surface area contributed by atoms with Gasteiger partial charge in [-0.25, -0.2) is 23.7 Å². The van der Waals surface area contributed by atoms with Crippen molar-refractivity contribution in [3.63, 3.8) is 0 Å². The van der Waals surface area contributed by atoms with Crippen LogP contribution in [0.3, 0.4) is 0 Å². The summed E-state index contributed by atoms with van der Waals surface area (Å²) in [6.07, 6.45) is 7.78. The average Bonchev–Trinajstić information content (AvgIpc) is 3.06. The number of fused-ring (bicyclic) bond motifs is 1. The summed E-state index contributed by atoms with van der Waals surface area (Å²) in [5.41, 5.74) is 2.31. The summed E-state index contributed by atoms with van der Waals surface area (Å²) in [4.78, 5) is 22.5. The first-order valence-corrected chi connectivity index (χ1v) is 11.4. The zero-order valence-corrected chi connectivity index (χ0v) is 18.7. The molecule has 0 bridgehead atoms. The van der Waals surface area contributed by atoms with Crippen LogP contribution in [-0.2, 0) is 17.7 Å². The molecule has 5 rings (SSSR count). The van der Waals surface area contributed by atoms with Crippen molar-refractivity contribution in [2.75, 3.05) is 42.6 Å². The van der Waals surface area contributed by atoms with Crippen LogP contribution in [0.15, 0.2) is 30.7 Å². The summed E-state index contributed by atoms with van der Waals surface area (Å²) < 4.78 is 33.8. The number of rotatable bonds is 4. The minimum atomic E-state index is -0.638. The number of hydrogen-bond donors (Lipinski definition) is 0. The van der Waals surface area contributed by atoms with E-state index in [2.05, 4.69) is 19.9 Å². The standard InChI is InChI=1S/C23H23ClF2N6O/c24-21-16(17(25)4-5-18(21)26)14-32-6-2-1-3-19-22(32)30-20(13-27-19)15-11-28-23(29-12-15)31-7-9-33-10-8-31/h4-5,11-13H,1-3,6-10,14H2. The van der Waals surface area contributed by atoms with Gasteiger partial charge in [-0.2, -0.15) is 0 Å². The van der Waals surface area contributed by atoms with E-state index < -0.39 is 11.6 Å². The number of nitrogens with zero attached hydrogens (tertiary/aromatic N) is 6. The van der Waals surface area contributed by atoms with E-state index in [1.807, 2.05) is 4.90 Å². The zero-order valence-electron chi connectivity index (χ0n) is 18.0. The molecular weight excluding hydrogens is 450 g/mol. The van der Waals surface area contributed by atoms with Crippen LogP contribution in [0.4, 0.5) is 20.5 Å². The SMILES string of the molecule is Fc1ccc(F)c(CN2CCCCc3ncc(-c4cnc(N5CCOCC5)nc4)nc32)c1Cl. The van der Waals surface area contributed by atoms with Crippen molar-refractivity contribution in [3.05, 3.63) is 58.6 Å². The second kappa shape index (κ2) is 9.52. The molecule has 4 heterocycles. The van der Waals surface area contributed by atoms with Gasteiger partial charge in [0.15, 0.2) is 5.82 Å². The Bertz CT molecular complexity index is 1140. The third-order valence-electron chi connectivity index (χ3n) is 5.93. The Labute approximate surface area is 195 Å². The highest BCUT2D eigenvalue weighted by Gasteiger charge is 2.23. The maximum atomic E-state index is 14.5. The quantitative estimate of drug-likeness (QED) is 0.531. The van der Waals surface area contributed by atoms with Crippen molar-refractivity contribution in [1.82, 2.24) is 19.9 Å². The van der Waals surface area contributed by atoms with E-state index in [0.29, 0.717) is 37.2 Å². The molecule has 0 unspecified atom stereocenters. The first-order valence-electron chi connectivity index (χ1n) is 11.0. The zero-order chi connectivity index (χ0) is 22.8.